The van der Waals surface area contributed by atoms with Gasteiger partial charge in [0.15, 0.2) is 6.40 Å². The predicted octanol–water partition coefficient (Wildman–Crippen LogP) is 0.559. The van der Waals surface area contributed by atoms with Crippen molar-refractivity contribution in [2.45, 2.75) is 0 Å². The molecule has 0 saturated heterocycles. The number of rotatable bonds is 2. The van der Waals surface area contributed by atoms with Gasteiger partial charge in [-0.05, 0) is 0 Å². The van der Waals surface area contributed by atoms with E-state index < -0.39 is 0 Å². The third kappa shape index (κ3) is 9.12. The van der Waals surface area contributed by atoms with Crippen molar-refractivity contribution in [2.24, 2.45) is 5.10 Å². The molecular weight excluding hydrogens is 128 g/mol. The summed E-state index contributed by atoms with van der Waals surface area (Å²) < 4.78 is 4.52. The van der Waals surface area contributed by atoms with Crippen molar-refractivity contribution in [1.82, 2.24) is 5.01 Å². The van der Waals surface area contributed by atoms with Crippen molar-refractivity contribution in [3.05, 3.63) is 0 Å². The molecule has 8 heavy (non-hydrogen) atoms. The summed E-state index contributed by atoms with van der Waals surface area (Å²) in [5.74, 6) is 0. The smallest absolute Gasteiger partial charge is 0.192 e. The monoisotopic (exact) mass is 138 g/mol. The van der Waals surface area contributed by atoms with Crippen molar-refractivity contribution in [3.8, 4) is 0 Å². The van der Waals surface area contributed by atoms with Crippen LogP contribution in [0.4, 0.5) is 0 Å². The summed E-state index contributed by atoms with van der Waals surface area (Å²) in [5.41, 5.74) is 0. The molecule has 50 valence electrons. The number of nitrogens with zero attached hydrogens (tertiary/aromatic N) is 2. The molecule has 0 radical (unpaired) electrons. The molecule has 0 aromatic heterocycles. The molecule has 0 aromatic rings. The highest BCUT2D eigenvalue weighted by molar-refractivity contribution is 5.85. The minimum Gasteiger partial charge on any atom is -0.485 e. The van der Waals surface area contributed by atoms with Gasteiger partial charge < -0.3 is 9.75 Å². The Morgan fingerprint density at radius 1 is 1.50 bits per heavy atom. The number of hydrazone groups is 1. The molecule has 0 amide bonds. The molecule has 0 atom stereocenters. The van der Waals surface area contributed by atoms with Crippen molar-refractivity contribution in [2.75, 3.05) is 21.2 Å². The molecule has 0 aliphatic carbocycles. The Kier molecular flexibility index (Phi) is 8.63. The van der Waals surface area contributed by atoms with Gasteiger partial charge in [0, 0.05) is 14.1 Å². The molecule has 0 spiro atoms. The van der Waals surface area contributed by atoms with Crippen LogP contribution in [-0.4, -0.2) is 32.6 Å². The van der Waals surface area contributed by atoms with E-state index in [1.807, 2.05) is 14.1 Å². The lowest BCUT2D eigenvalue weighted by molar-refractivity contribution is 0.378. The summed E-state index contributed by atoms with van der Waals surface area (Å²) in [7, 11) is 5.22. The number of halogens is 1. The summed E-state index contributed by atoms with van der Waals surface area (Å²) >= 11 is 0. The molecule has 0 aliphatic heterocycles. The molecule has 0 unspecified atom stereocenters. The molecular formula is C4H11ClN2O. The highest BCUT2D eigenvalue weighted by atomic mass is 35.5. The molecule has 0 aromatic carbocycles. The normalized spacial score (nSPS) is 8.38. The van der Waals surface area contributed by atoms with Gasteiger partial charge in [0.1, 0.15) is 0 Å². The Morgan fingerprint density at radius 3 is 2.12 bits per heavy atom. The predicted molar refractivity (Wildman–Crippen MR) is 36.4 cm³/mol. The largest absolute Gasteiger partial charge is 0.485 e. The highest BCUT2D eigenvalue weighted by Gasteiger charge is 1.70. The van der Waals surface area contributed by atoms with E-state index in [4.69, 9.17) is 0 Å². The molecule has 0 rings (SSSR count). The van der Waals surface area contributed by atoms with Crippen molar-refractivity contribution < 1.29 is 4.74 Å². The lowest BCUT2D eigenvalue weighted by atomic mass is 11.2. The summed E-state index contributed by atoms with van der Waals surface area (Å²) in [6.45, 7) is 0. The number of methoxy groups -OCH3 is 1. The van der Waals surface area contributed by atoms with E-state index in [1.54, 1.807) is 12.1 Å². The summed E-state index contributed by atoms with van der Waals surface area (Å²) in [5, 5.41) is 5.39. The van der Waals surface area contributed by atoms with Crippen LogP contribution in [0.1, 0.15) is 0 Å². The fraction of sp³-hybridized carbons (Fsp3) is 0.750. The molecule has 0 N–H and O–H groups in total. The Bertz CT molecular complexity index is 65.1. The minimum atomic E-state index is 0. The van der Waals surface area contributed by atoms with Crippen molar-refractivity contribution in [3.63, 3.8) is 0 Å². The summed E-state index contributed by atoms with van der Waals surface area (Å²) in [6, 6.07) is 0. The van der Waals surface area contributed by atoms with Crippen LogP contribution in [0.2, 0.25) is 0 Å². The average molecular weight is 139 g/mol. The van der Waals surface area contributed by atoms with Crippen LogP contribution < -0.4 is 0 Å². The van der Waals surface area contributed by atoms with Gasteiger partial charge in [0.2, 0.25) is 0 Å². The standard InChI is InChI=1S/C4H10N2O.ClH/c1-6(2)5-4-7-3;/h4H,1-3H3;1H/b5-4-;. The van der Waals surface area contributed by atoms with E-state index in [1.165, 1.54) is 6.40 Å². The van der Waals surface area contributed by atoms with Gasteiger partial charge in [-0.25, -0.2) is 0 Å². The van der Waals surface area contributed by atoms with Gasteiger partial charge in [-0.2, -0.15) is 0 Å². The van der Waals surface area contributed by atoms with E-state index in [0.717, 1.165) is 0 Å². The molecule has 0 aliphatic rings. The zero-order valence-corrected chi connectivity index (χ0v) is 6.10. The quantitative estimate of drug-likeness (QED) is 0.317. The van der Waals surface area contributed by atoms with Gasteiger partial charge >= 0.3 is 0 Å². The lowest BCUT2D eigenvalue weighted by Crippen LogP contribution is -2.01. The summed E-state index contributed by atoms with van der Waals surface area (Å²) in [4.78, 5) is 0. The van der Waals surface area contributed by atoms with Gasteiger partial charge in [-0.3, -0.25) is 0 Å². The van der Waals surface area contributed by atoms with Crippen LogP contribution in [0.3, 0.4) is 0 Å². The molecule has 0 bridgehead atoms. The van der Waals surface area contributed by atoms with E-state index >= 15 is 0 Å². The summed E-state index contributed by atoms with van der Waals surface area (Å²) in [6.07, 6.45) is 1.38. The Hall–Kier alpha value is -0.440. The Labute approximate surface area is 55.7 Å². The third-order valence-corrected chi connectivity index (χ3v) is 0.383. The molecule has 0 heterocycles. The zero-order chi connectivity index (χ0) is 5.70. The topological polar surface area (TPSA) is 24.8 Å². The maximum Gasteiger partial charge on any atom is 0.192 e. The number of ether oxygens (including phenoxy) is 1. The van der Waals surface area contributed by atoms with Crippen LogP contribution >= 0.6 is 12.4 Å². The first-order chi connectivity index (χ1) is 3.27. The third-order valence-electron chi connectivity index (χ3n) is 0.383. The fourth-order valence-corrected chi connectivity index (χ4v) is 0.141. The van der Waals surface area contributed by atoms with Gasteiger partial charge in [0.25, 0.3) is 0 Å². The second-order valence-corrected chi connectivity index (χ2v) is 1.30. The first-order valence-corrected chi connectivity index (χ1v) is 2.00. The first-order valence-electron chi connectivity index (χ1n) is 2.00. The molecule has 0 fully saturated rings. The van der Waals surface area contributed by atoms with Gasteiger partial charge in [0.05, 0.1) is 7.11 Å². The molecule has 3 nitrogen and oxygen atoms in total. The minimum absolute atomic E-state index is 0. The van der Waals surface area contributed by atoms with Gasteiger partial charge in [-0.1, -0.05) is 0 Å². The Morgan fingerprint density at radius 2 is 2.00 bits per heavy atom. The maximum atomic E-state index is 4.52. The van der Waals surface area contributed by atoms with E-state index in [9.17, 15) is 0 Å². The molecule has 0 saturated carbocycles. The second-order valence-electron chi connectivity index (χ2n) is 1.30. The number of hydrogen-bond donors (Lipinski definition) is 0. The van der Waals surface area contributed by atoms with Crippen molar-refractivity contribution in [1.29, 1.82) is 0 Å². The fourth-order valence-electron chi connectivity index (χ4n) is 0.141. The second kappa shape index (κ2) is 6.56. The van der Waals surface area contributed by atoms with Crippen molar-refractivity contribution >= 4 is 18.8 Å². The van der Waals surface area contributed by atoms with Gasteiger partial charge in [-0.15, -0.1) is 17.5 Å². The number of hydrogen-bond acceptors (Lipinski definition) is 3. The van der Waals surface area contributed by atoms with E-state index in [0.29, 0.717) is 0 Å². The highest BCUT2D eigenvalue weighted by Crippen LogP contribution is 1.69. The van der Waals surface area contributed by atoms with Crippen LogP contribution in [0.5, 0.6) is 0 Å². The van der Waals surface area contributed by atoms with Crippen LogP contribution in [0.15, 0.2) is 5.10 Å². The van der Waals surface area contributed by atoms with Crippen LogP contribution in [0, 0.1) is 0 Å². The lowest BCUT2D eigenvalue weighted by Gasteiger charge is -1.99. The molecule has 4 heteroatoms. The van der Waals surface area contributed by atoms with E-state index in [-0.39, 0.29) is 12.4 Å². The van der Waals surface area contributed by atoms with E-state index in [2.05, 4.69) is 9.84 Å². The van der Waals surface area contributed by atoms with Crippen LogP contribution in [-0.2, 0) is 4.74 Å². The average Bonchev–Trinajstić information content (AvgIpc) is 1.61. The zero-order valence-electron chi connectivity index (χ0n) is 5.29. The van der Waals surface area contributed by atoms with Crippen LogP contribution in [0.25, 0.3) is 0 Å². The maximum absolute atomic E-state index is 4.52. The first kappa shape index (κ1) is 10.5. The Balaban J connectivity index is 0. The SMILES string of the molecule is CO/C=N\N(C)C.Cl.